The molecule has 0 heterocycles. The summed E-state index contributed by atoms with van der Waals surface area (Å²) in [7, 11) is 0. The molecule has 17 heavy (non-hydrogen) atoms. The summed E-state index contributed by atoms with van der Waals surface area (Å²) < 4.78 is 4.79. The van der Waals surface area contributed by atoms with E-state index in [1.165, 1.54) is 25.3 Å². The van der Waals surface area contributed by atoms with E-state index in [0.29, 0.717) is 12.5 Å². The van der Waals surface area contributed by atoms with Crippen LogP contribution in [0.3, 0.4) is 0 Å². The highest BCUT2D eigenvalue weighted by Crippen LogP contribution is 2.29. The molecule has 1 N–H and O–H groups in total. The smallest absolute Gasteiger partial charge is 0.330 e. The van der Waals surface area contributed by atoms with Gasteiger partial charge in [0, 0.05) is 6.08 Å². The predicted molar refractivity (Wildman–Crippen MR) is 71.1 cm³/mol. The maximum absolute atomic E-state index is 11.1. The second-order valence-corrected chi connectivity index (χ2v) is 5.50. The van der Waals surface area contributed by atoms with Gasteiger partial charge in [-0.2, -0.15) is 0 Å². The van der Waals surface area contributed by atoms with Gasteiger partial charge < -0.3 is 9.84 Å². The number of aliphatic hydroxyl groups is 1. The fraction of sp³-hybridized carbons (Fsp3) is 0.769. The molecule has 0 aliphatic heterocycles. The number of carbonyl (C=O) groups is 1. The molecule has 0 radical (unpaired) electrons. The number of alkyl halides is 1. The van der Waals surface area contributed by atoms with Crippen LogP contribution in [0.15, 0.2) is 12.2 Å². The zero-order valence-electron chi connectivity index (χ0n) is 10.3. The van der Waals surface area contributed by atoms with Crippen LogP contribution in [0.25, 0.3) is 0 Å². The molecule has 0 saturated heterocycles. The Morgan fingerprint density at radius 3 is 2.71 bits per heavy atom. The van der Waals surface area contributed by atoms with Crippen LogP contribution in [0, 0.1) is 5.92 Å². The molecule has 0 amide bonds. The third kappa shape index (κ3) is 5.21. The van der Waals surface area contributed by atoms with E-state index in [-0.39, 0.29) is 10.8 Å². The summed E-state index contributed by atoms with van der Waals surface area (Å²) in [4.78, 5) is 11.0. The van der Waals surface area contributed by atoms with Gasteiger partial charge in [-0.3, -0.25) is 0 Å². The van der Waals surface area contributed by atoms with E-state index in [1.54, 1.807) is 13.0 Å². The lowest BCUT2D eigenvalue weighted by atomic mass is 9.84. The maximum atomic E-state index is 11.1. The molecular weight excluding hydrogens is 284 g/mol. The highest BCUT2D eigenvalue weighted by Gasteiger charge is 2.25. The number of hydrogen-bond donors (Lipinski definition) is 1. The average molecular weight is 305 g/mol. The Balaban J connectivity index is 2.39. The zero-order valence-corrected chi connectivity index (χ0v) is 11.9. The molecule has 2 atom stereocenters. The summed E-state index contributed by atoms with van der Waals surface area (Å²) in [5, 5.41) is 10.1. The van der Waals surface area contributed by atoms with Crippen molar-refractivity contribution in [3.8, 4) is 0 Å². The molecule has 1 aliphatic rings. The van der Waals surface area contributed by atoms with E-state index in [9.17, 15) is 9.90 Å². The van der Waals surface area contributed by atoms with Gasteiger partial charge in [-0.05, 0) is 25.7 Å². The summed E-state index contributed by atoms with van der Waals surface area (Å²) in [6, 6.07) is 0. The molecule has 3 nitrogen and oxygen atoms in total. The SMILES string of the molecule is CCOC(=O)/C=C/[C@H](Br)[C@H](O)C1CCCCC1. The summed E-state index contributed by atoms with van der Waals surface area (Å²) in [5.74, 6) is -0.00670. The first-order valence-corrected chi connectivity index (χ1v) is 7.23. The normalized spacial score (nSPS) is 21.4. The second kappa shape index (κ2) is 7.88. The molecular formula is C13H21BrO3. The van der Waals surface area contributed by atoms with Gasteiger partial charge in [-0.1, -0.05) is 41.3 Å². The van der Waals surface area contributed by atoms with Gasteiger partial charge >= 0.3 is 5.97 Å². The van der Waals surface area contributed by atoms with Crippen molar-refractivity contribution in [3.63, 3.8) is 0 Å². The van der Waals surface area contributed by atoms with Gasteiger partial charge in [0.15, 0.2) is 0 Å². The highest BCUT2D eigenvalue weighted by molar-refractivity contribution is 9.09. The van der Waals surface area contributed by atoms with Gasteiger partial charge in [-0.25, -0.2) is 4.79 Å². The number of ether oxygens (including phenoxy) is 1. The Kier molecular flexibility index (Phi) is 6.82. The minimum Gasteiger partial charge on any atom is -0.463 e. The number of aliphatic hydroxyl groups excluding tert-OH is 1. The lowest BCUT2D eigenvalue weighted by Crippen LogP contribution is -2.30. The Morgan fingerprint density at radius 1 is 1.47 bits per heavy atom. The Hall–Kier alpha value is -0.350. The first-order valence-electron chi connectivity index (χ1n) is 6.32. The van der Waals surface area contributed by atoms with Crippen LogP contribution in [0.1, 0.15) is 39.0 Å². The van der Waals surface area contributed by atoms with Crippen molar-refractivity contribution in [1.82, 2.24) is 0 Å². The third-order valence-corrected chi connectivity index (χ3v) is 4.01. The number of esters is 1. The second-order valence-electron chi connectivity index (χ2n) is 4.44. The third-order valence-electron chi connectivity index (χ3n) is 3.16. The maximum Gasteiger partial charge on any atom is 0.330 e. The largest absolute Gasteiger partial charge is 0.463 e. The van der Waals surface area contributed by atoms with Crippen LogP contribution >= 0.6 is 15.9 Å². The van der Waals surface area contributed by atoms with Crippen molar-refractivity contribution in [3.05, 3.63) is 12.2 Å². The Labute approximate surface area is 111 Å². The molecule has 1 fully saturated rings. The Morgan fingerprint density at radius 2 is 2.12 bits per heavy atom. The van der Waals surface area contributed by atoms with Crippen molar-refractivity contribution in [2.24, 2.45) is 5.92 Å². The lowest BCUT2D eigenvalue weighted by molar-refractivity contribution is -0.137. The van der Waals surface area contributed by atoms with Crippen LogP contribution in [-0.4, -0.2) is 28.6 Å². The van der Waals surface area contributed by atoms with Crippen LogP contribution in [0.2, 0.25) is 0 Å². The summed E-state index contributed by atoms with van der Waals surface area (Å²) >= 11 is 3.41. The van der Waals surface area contributed by atoms with Crippen molar-refractivity contribution in [1.29, 1.82) is 0 Å². The minimum absolute atomic E-state index is 0.171. The van der Waals surface area contributed by atoms with E-state index in [4.69, 9.17) is 4.74 Å². The monoisotopic (exact) mass is 304 g/mol. The van der Waals surface area contributed by atoms with E-state index in [1.807, 2.05) is 0 Å². The molecule has 0 spiro atoms. The van der Waals surface area contributed by atoms with Gasteiger partial charge in [0.1, 0.15) is 0 Å². The summed E-state index contributed by atoms with van der Waals surface area (Å²) in [5.41, 5.74) is 0. The van der Waals surface area contributed by atoms with Crippen molar-refractivity contribution < 1.29 is 14.6 Å². The standard InChI is InChI=1S/C13H21BrO3/c1-2-17-12(15)9-8-11(14)13(16)10-6-4-3-5-7-10/h8-11,13,16H,2-7H2,1H3/b9-8+/t11-,13+/m0/s1. The molecule has 0 aromatic carbocycles. The molecule has 4 heteroatoms. The molecule has 0 aromatic heterocycles. The fourth-order valence-electron chi connectivity index (χ4n) is 2.21. The first-order chi connectivity index (χ1) is 8.15. The molecule has 0 aromatic rings. The fourth-order valence-corrected chi connectivity index (χ4v) is 2.79. The summed E-state index contributed by atoms with van der Waals surface area (Å²) in [6.07, 6.45) is 8.47. The van der Waals surface area contributed by atoms with Crippen molar-refractivity contribution in [2.75, 3.05) is 6.61 Å². The quantitative estimate of drug-likeness (QED) is 0.483. The predicted octanol–water partition coefficient (Wildman–Crippen LogP) is 2.81. The van der Waals surface area contributed by atoms with E-state index in [2.05, 4.69) is 15.9 Å². The number of rotatable bonds is 5. The Bertz CT molecular complexity index is 259. The molecule has 0 unspecified atom stereocenters. The lowest BCUT2D eigenvalue weighted by Gasteiger charge is -2.28. The van der Waals surface area contributed by atoms with Gasteiger partial charge in [0.2, 0.25) is 0 Å². The van der Waals surface area contributed by atoms with Crippen molar-refractivity contribution in [2.45, 2.75) is 50.0 Å². The van der Waals surface area contributed by atoms with Crippen LogP contribution in [0.5, 0.6) is 0 Å². The molecule has 98 valence electrons. The van der Waals surface area contributed by atoms with Gasteiger partial charge in [-0.15, -0.1) is 0 Å². The zero-order chi connectivity index (χ0) is 12.7. The average Bonchev–Trinajstić information content (AvgIpc) is 2.36. The van der Waals surface area contributed by atoms with E-state index >= 15 is 0 Å². The van der Waals surface area contributed by atoms with Crippen LogP contribution in [-0.2, 0) is 9.53 Å². The van der Waals surface area contributed by atoms with Crippen molar-refractivity contribution >= 4 is 21.9 Å². The molecule has 0 bridgehead atoms. The first kappa shape index (κ1) is 14.7. The molecule has 1 rings (SSSR count). The van der Waals surface area contributed by atoms with Gasteiger partial charge in [0.05, 0.1) is 17.5 Å². The minimum atomic E-state index is -0.416. The van der Waals surface area contributed by atoms with E-state index < -0.39 is 6.10 Å². The highest BCUT2D eigenvalue weighted by atomic mass is 79.9. The molecule has 1 aliphatic carbocycles. The number of carbonyl (C=O) groups excluding carboxylic acids is 1. The van der Waals surface area contributed by atoms with Gasteiger partial charge in [0.25, 0.3) is 0 Å². The van der Waals surface area contributed by atoms with Crippen LogP contribution < -0.4 is 0 Å². The topological polar surface area (TPSA) is 46.5 Å². The number of halogens is 1. The summed E-state index contributed by atoms with van der Waals surface area (Å²) in [6.45, 7) is 2.15. The number of hydrogen-bond acceptors (Lipinski definition) is 3. The van der Waals surface area contributed by atoms with Crippen LogP contribution in [0.4, 0.5) is 0 Å². The molecule has 1 saturated carbocycles. The van der Waals surface area contributed by atoms with E-state index in [0.717, 1.165) is 12.8 Å².